The van der Waals surface area contributed by atoms with Gasteiger partial charge in [0.25, 0.3) is 0 Å². The van der Waals surface area contributed by atoms with Gasteiger partial charge in [0.1, 0.15) is 0 Å². The van der Waals surface area contributed by atoms with E-state index in [0.717, 1.165) is 0 Å². The zero-order chi connectivity index (χ0) is 9.12. The third kappa shape index (κ3) is 12.9. The van der Waals surface area contributed by atoms with Crippen LogP contribution in [0.2, 0.25) is 0 Å². The van der Waals surface area contributed by atoms with Gasteiger partial charge in [-0.15, -0.1) is 0 Å². The Balaban J connectivity index is 0. The van der Waals surface area contributed by atoms with Crippen molar-refractivity contribution in [3.05, 3.63) is 0 Å². The second-order valence-electron chi connectivity index (χ2n) is 1.61. The Morgan fingerprint density at radius 3 is 2.00 bits per heavy atom. The molecule has 0 saturated carbocycles. The first-order valence-electron chi connectivity index (χ1n) is 2.39. The van der Waals surface area contributed by atoms with Crippen LogP contribution in [0.15, 0.2) is 0 Å². The van der Waals surface area contributed by atoms with Gasteiger partial charge in [0, 0.05) is 0 Å². The van der Waals surface area contributed by atoms with Gasteiger partial charge in [-0.3, -0.25) is 4.55 Å². The molecule has 0 unspecified atom stereocenters. The van der Waals surface area contributed by atoms with Gasteiger partial charge >= 0.3 is 35.4 Å². The molecule has 12 heavy (non-hydrogen) atoms. The van der Waals surface area contributed by atoms with E-state index in [1.54, 1.807) is 0 Å². The summed E-state index contributed by atoms with van der Waals surface area (Å²) in [5.74, 6) is 0. The molecule has 0 amide bonds. The Morgan fingerprint density at radius 1 is 1.33 bits per heavy atom. The van der Waals surface area contributed by atoms with Crippen molar-refractivity contribution in [3.63, 3.8) is 0 Å². The summed E-state index contributed by atoms with van der Waals surface area (Å²) in [6.45, 7) is -1.09. The zero-order valence-electron chi connectivity index (χ0n) is 5.13. The van der Waals surface area contributed by atoms with Gasteiger partial charge in [-0.2, -0.15) is 21.6 Å². The summed E-state index contributed by atoms with van der Waals surface area (Å²) in [6.07, 6.45) is -5.89. The average Bonchev–Trinajstić information content (AvgIpc) is 1.55. The van der Waals surface area contributed by atoms with E-state index in [4.69, 9.17) is 4.55 Å². The van der Waals surface area contributed by atoms with Crippen LogP contribution in [0.1, 0.15) is 6.42 Å². The SMILES string of the molecule is O=S(=O)(O)OCCC(F)(F)F.[LiH]. The van der Waals surface area contributed by atoms with E-state index in [1.807, 2.05) is 0 Å². The summed E-state index contributed by atoms with van der Waals surface area (Å²) in [7, 11) is -4.75. The van der Waals surface area contributed by atoms with Crippen LogP contribution in [0.4, 0.5) is 13.2 Å². The number of hydrogen-bond acceptors (Lipinski definition) is 3. The predicted molar refractivity (Wildman–Crippen MR) is 35.3 cm³/mol. The second kappa shape index (κ2) is 5.09. The molecular formula is C3H6F3LiO4S. The molecule has 70 valence electrons. The van der Waals surface area contributed by atoms with E-state index in [-0.39, 0.29) is 18.9 Å². The molecule has 1 N–H and O–H groups in total. The van der Waals surface area contributed by atoms with Gasteiger partial charge in [-0.1, -0.05) is 0 Å². The zero-order valence-corrected chi connectivity index (χ0v) is 5.94. The van der Waals surface area contributed by atoms with Crippen molar-refractivity contribution in [1.29, 1.82) is 0 Å². The second-order valence-corrected chi connectivity index (χ2v) is 2.71. The molecule has 0 aliphatic heterocycles. The van der Waals surface area contributed by atoms with Crippen molar-refractivity contribution in [1.82, 2.24) is 0 Å². The van der Waals surface area contributed by atoms with Gasteiger partial charge in [0.2, 0.25) is 0 Å². The normalized spacial score (nSPS) is 12.3. The van der Waals surface area contributed by atoms with Crippen LogP contribution in [-0.4, -0.2) is 44.6 Å². The molecule has 0 aromatic carbocycles. The summed E-state index contributed by atoms with van der Waals surface area (Å²) in [5, 5.41) is 0. The fourth-order valence-corrected chi connectivity index (χ4v) is 0.557. The summed E-state index contributed by atoms with van der Waals surface area (Å²) in [6, 6.07) is 0. The maximum atomic E-state index is 11.3. The fraction of sp³-hybridized carbons (Fsp3) is 1.00. The van der Waals surface area contributed by atoms with Gasteiger partial charge < -0.3 is 0 Å². The molecule has 0 spiro atoms. The topological polar surface area (TPSA) is 63.6 Å². The molecule has 0 aliphatic rings. The molecule has 0 aromatic heterocycles. The third-order valence-corrected chi connectivity index (χ3v) is 1.08. The van der Waals surface area contributed by atoms with Crippen LogP contribution in [-0.2, 0) is 14.6 Å². The van der Waals surface area contributed by atoms with Crippen molar-refractivity contribution in [2.75, 3.05) is 6.61 Å². The molecule has 0 fully saturated rings. The van der Waals surface area contributed by atoms with E-state index in [1.165, 1.54) is 0 Å². The molecule has 0 atom stereocenters. The molecule has 0 saturated heterocycles. The minimum atomic E-state index is -4.75. The Hall–Kier alpha value is 0.257. The maximum absolute atomic E-state index is 11.3. The Labute approximate surface area is 79.2 Å². The van der Waals surface area contributed by atoms with Crippen LogP contribution >= 0.6 is 0 Å². The van der Waals surface area contributed by atoms with Crippen molar-refractivity contribution in [2.24, 2.45) is 0 Å². The predicted octanol–water partition coefficient (Wildman–Crippen LogP) is 0.110. The molecule has 9 heteroatoms. The van der Waals surface area contributed by atoms with Gasteiger partial charge in [0.15, 0.2) is 0 Å². The van der Waals surface area contributed by atoms with Crippen LogP contribution in [0.3, 0.4) is 0 Å². The van der Waals surface area contributed by atoms with E-state index in [0.29, 0.717) is 0 Å². The van der Waals surface area contributed by atoms with Crippen molar-refractivity contribution in [3.8, 4) is 0 Å². The van der Waals surface area contributed by atoms with Gasteiger partial charge in [-0.05, 0) is 0 Å². The van der Waals surface area contributed by atoms with E-state index < -0.39 is 29.6 Å². The standard InChI is InChI=1S/C3H5F3O4S.Li.H/c4-3(5,6)1-2-10-11(7,8)9;;/h1-2H2,(H,7,8,9);;. The molecule has 0 radical (unpaired) electrons. The number of hydrogen-bond donors (Lipinski definition) is 1. The molecule has 0 rings (SSSR count). The number of rotatable bonds is 3. The van der Waals surface area contributed by atoms with E-state index >= 15 is 0 Å². The molecule has 0 heterocycles. The van der Waals surface area contributed by atoms with Crippen molar-refractivity contribution >= 4 is 29.3 Å². The molecule has 0 bridgehead atoms. The van der Waals surface area contributed by atoms with Crippen molar-refractivity contribution < 1.29 is 30.3 Å². The fourth-order valence-electron chi connectivity index (χ4n) is 0.263. The Bertz CT molecular complexity index is 210. The minimum absolute atomic E-state index is 0. The first-order valence-corrected chi connectivity index (χ1v) is 3.76. The molecule has 4 nitrogen and oxygen atoms in total. The van der Waals surface area contributed by atoms with Crippen molar-refractivity contribution in [2.45, 2.75) is 12.6 Å². The van der Waals surface area contributed by atoms with Crippen LogP contribution in [0, 0.1) is 0 Å². The summed E-state index contributed by atoms with van der Waals surface area (Å²) < 4.78 is 64.4. The summed E-state index contributed by atoms with van der Waals surface area (Å²) >= 11 is 0. The van der Waals surface area contributed by atoms with Gasteiger partial charge in [-0.25, -0.2) is 4.18 Å². The quantitative estimate of drug-likeness (QED) is 0.521. The third-order valence-electron chi connectivity index (χ3n) is 0.618. The number of halogens is 3. The first kappa shape index (κ1) is 14.8. The van der Waals surface area contributed by atoms with Crippen LogP contribution < -0.4 is 0 Å². The summed E-state index contributed by atoms with van der Waals surface area (Å²) in [5.41, 5.74) is 0. The van der Waals surface area contributed by atoms with Crippen LogP contribution in [0.25, 0.3) is 0 Å². The van der Waals surface area contributed by atoms with E-state index in [9.17, 15) is 21.6 Å². The molecule has 0 aliphatic carbocycles. The Kier molecular flexibility index (Phi) is 6.26. The Morgan fingerprint density at radius 2 is 1.75 bits per heavy atom. The molecule has 0 aromatic rings. The van der Waals surface area contributed by atoms with Crippen LogP contribution in [0.5, 0.6) is 0 Å². The van der Waals surface area contributed by atoms with E-state index in [2.05, 4.69) is 4.18 Å². The molecular weight excluding hydrogens is 196 g/mol. The average molecular weight is 202 g/mol. The first-order chi connectivity index (χ1) is 4.71. The van der Waals surface area contributed by atoms with Gasteiger partial charge in [0.05, 0.1) is 13.0 Å². The number of alkyl halides is 3. The monoisotopic (exact) mass is 202 g/mol. The summed E-state index contributed by atoms with van der Waals surface area (Å²) in [4.78, 5) is 0.